The van der Waals surface area contributed by atoms with E-state index in [9.17, 15) is 0 Å². The van der Waals surface area contributed by atoms with E-state index in [2.05, 4.69) is 12.2 Å². The summed E-state index contributed by atoms with van der Waals surface area (Å²) in [6.45, 7) is 7.30. The molecule has 0 aliphatic carbocycles. The van der Waals surface area contributed by atoms with Crippen LogP contribution in [0, 0.1) is 6.92 Å². The summed E-state index contributed by atoms with van der Waals surface area (Å²) in [5.41, 5.74) is 1.11. The van der Waals surface area contributed by atoms with Gasteiger partial charge < -0.3 is 10.1 Å². The van der Waals surface area contributed by atoms with Crippen LogP contribution in [0.4, 0.5) is 0 Å². The van der Waals surface area contributed by atoms with Crippen LogP contribution < -0.4 is 10.1 Å². The van der Waals surface area contributed by atoms with Gasteiger partial charge in [-0.3, -0.25) is 0 Å². The van der Waals surface area contributed by atoms with Crippen LogP contribution >= 0.6 is 11.6 Å². The van der Waals surface area contributed by atoms with Crippen LogP contribution in [0.5, 0.6) is 5.75 Å². The van der Waals surface area contributed by atoms with Crippen molar-refractivity contribution in [2.24, 2.45) is 0 Å². The lowest BCUT2D eigenvalue weighted by Gasteiger charge is -2.09. The highest BCUT2D eigenvalue weighted by molar-refractivity contribution is 6.30. The molecule has 0 atom stereocenters. The Morgan fingerprint density at radius 2 is 1.89 bits per heavy atom. The van der Waals surface area contributed by atoms with E-state index in [4.69, 9.17) is 16.3 Å². The monoisotopic (exact) mass is 283 g/mol. The predicted octanol–water partition coefficient (Wildman–Crippen LogP) is 4.59. The average molecular weight is 284 g/mol. The number of halogens is 1. The molecule has 0 aromatic heterocycles. The summed E-state index contributed by atoms with van der Waals surface area (Å²) in [5, 5.41) is 4.19. The zero-order valence-electron chi connectivity index (χ0n) is 12.2. The Kier molecular flexibility index (Phi) is 8.68. The van der Waals surface area contributed by atoms with Crippen molar-refractivity contribution in [3.8, 4) is 5.75 Å². The molecule has 0 unspecified atom stereocenters. The van der Waals surface area contributed by atoms with Crippen LogP contribution in [0.15, 0.2) is 18.2 Å². The van der Waals surface area contributed by atoms with Crippen LogP contribution in [0.3, 0.4) is 0 Å². The lowest BCUT2D eigenvalue weighted by Crippen LogP contribution is -2.15. The molecule has 0 radical (unpaired) electrons. The quantitative estimate of drug-likeness (QED) is 0.634. The first-order chi connectivity index (χ1) is 9.24. The summed E-state index contributed by atoms with van der Waals surface area (Å²) in [5.74, 6) is 0.953. The number of hydrogen-bond donors (Lipinski definition) is 1. The number of benzene rings is 1. The zero-order valence-corrected chi connectivity index (χ0v) is 12.9. The van der Waals surface area contributed by atoms with Crippen LogP contribution in [0.25, 0.3) is 0 Å². The van der Waals surface area contributed by atoms with Crippen LogP contribution in [0.1, 0.15) is 44.6 Å². The lowest BCUT2D eigenvalue weighted by atomic mass is 10.2. The zero-order chi connectivity index (χ0) is 13.9. The Labute approximate surface area is 122 Å². The Hall–Kier alpha value is -0.730. The molecule has 0 bridgehead atoms. The fourth-order valence-corrected chi connectivity index (χ4v) is 2.19. The molecule has 0 heterocycles. The SMILES string of the molecule is CCCNCCCCCCOc1ccc(Cl)cc1C. The van der Waals surface area contributed by atoms with Crippen molar-refractivity contribution in [1.29, 1.82) is 0 Å². The number of rotatable bonds is 10. The average Bonchev–Trinajstić information content (AvgIpc) is 2.39. The molecule has 0 amide bonds. The third kappa shape index (κ3) is 7.44. The van der Waals surface area contributed by atoms with Gasteiger partial charge in [0, 0.05) is 5.02 Å². The van der Waals surface area contributed by atoms with Crippen LogP contribution in [-0.4, -0.2) is 19.7 Å². The van der Waals surface area contributed by atoms with Gasteiger partial charge in [0.25, 0.3) is 0 Å². The van der Waals surface area contributed by atoms with Crippen LogP contribution in [0.2, 0.25) is 5.02 Å². The second-order valence-corrected chi connectivity index (χ2v) is 5.36. The highest BCUT2D eigenvalue weighted by Crippen LogP contribution is 2.21. The molecule has 1 N–H and O–H groups in total. The van der Waals surface area contributed by atoms with E-state index in [0.29, 0.717) is 0 Å². The van der Waals surface area contributed by atoms with Gasteiger partial charge in [0.05, 0.1) is 6.61 Å². The Morgan fingerprint density at radius 1 is 1.11 bits per heavy atom. The third-order valence-corrected chi connectivity index (χ3v) is 3.30. The molecule has 0 fully saturated rings. The molecule has 0 saturated carbocycles. The molecular formula is C16H26ClNO. The Balaban J connectivity index is 2.01. The Morgan fingerprint density at radius 3 is 2.63 bits per heavy atom. The van der Waals surface area contributed by atoms with E-state index in [0.717, 1.165) is 42.5 Å². The molecule has 0 aliphatic heterocycles. The summed E-state index contributed by atoms with van der Waals surface area (Å²) in [6.07, 6.45) is 6.12. The van der Waals surface area contributed by atoms with Crippen molar-refractivity contribution in [1.82, 2.24) is 5.32 Å². The standard InChI is InChI=1S/C16H26ClNO/c1-3-10-18-11-6-4-5-7-12-19-16-9-8-15(17)13-14(16)2/h8-9,13,18H,3-7,10-12H2,1-2H3. The number of nitrogens with one attached hydrogen (secondary N) is 1. The van der Waals surface area contributed by atoms with Crippen molar-refractivity contribution < 1.29 is 4.74 Å². The highest BCUT2D eigenvalue weighted by Gasteiger charge is 1.99. The molecule has 0 aliphatic rings. The van der Waals surface area contributed by atoms with Crippen molar-refractivity contribution in [2.45, 2.75) is 46.0 Å². The highest BCUT2D eigenvalue weighted by atomic mass is 35.5. The first-order valence-corrected chi connectivity index (χ1v) is 7.71. The molecular weight excluding hydrogens is 258 g/mol. The van der Waals surface area contributed by atoms with Gasteiger partial charge in [-0.15, -0.1) is 0 Å². The minimum atomic E-state index is 0.768. The molecule has 0 spiro atoms. The maximum Gasteiger partial charge on any atom is 0.122 e. The van der Waals surface area contributed by atoms with E-state index in [1.165, 1.54) is 25.7 Å². The van der Waals surface area contributed by atoms with Crippen molar-refractivity contribution in [3.05, 3.63) is 28.8 Å². The van der Waals surface area contributed by atoms with E-state index in [1.807, 2.05) is 25.1 Å². The van der Waals surface area contributed by atoms with Gasteiger partial charge in [-0.1, -0.05) is 31.4 Å². The second kappa shape index (κ2) is 10.1. The first kappa shape index (κ1) is 16.3. The summed E-state index contributed by atoms with van der Waals surface area (Å²) >= 11 is 5.91. The van der Waals surface area contributed by atoms with E-state index >= 15 is 0 Å². The molecule has 19 heavy (non-hydrogen) atoms. The van der Waals surface area contributed by atoms with E-state index in [1.54, 1.807) is 0 Å². The van der Waals surface area contributed by atoms with E-state index < -0.39 is 0 Å². The molecule has 108 valence electrons. The van der Waals surface area contributed by atoms with E-state index in [-0.39, 0.29) is 0 Å². The van der Waals surface area contributed by atoms with Gasteiger partial charge in [-0.2, -0.15) is 0 Å². The number of unbranched alkanes of at least 4 members (excludes halogenated alkanes) is 3. The minimum absolute atomic E-state index is 0.768. The van der Waals surface area contributed by atoms with Crippen molar-refractivity contribution in [3.63, 3.8) is 0 Å². The fourth-order valence-electron chi connectivity index (χ4n) is 1.96. The lowest BCUT2D eigenvalue weighted by molar-refractivity contribution is 0.302. The van der Waals surface area contributed by atoms with Gasteiger partial charge in [-0.25, -0.2) is 0 Å². The predicted molar refractivity (Wildman–Crippen MR) is 83.3 cm³/mol. The molecule has 0 saturated heterocycles. The maximum atomic E-state index is 5.91. The van der Waals surface area contributed by atoms with Gasteiger partial charge >= 0.3 is 0 Å². The van der Waals surface area contributed by atoms with Gasteiger partial charge in [0.2, 0.25) is 0 Å². The summed E-state index contributed by atoms with van der Waals surface area (Å²) in [6, 6.07) is 5.77. The molecule has 1 aromatic rings. The van der Waals surface area contributed by atoms with Gasteiger partial charge in [0.1, 0.15) is 5.75 Å². The van der Waals surface area contributed by atoms with Crippen LogP contribution in [-0.2, 0) is 0 Å². The third-order valence-electron chi connectivity index (χ3n) is 3.07. The smallest absolute Gasteiger partial charge is 0.122 e. The fraction of sp³-hybridized carbons (Fsp3) is 0.625. The number of ether oxygens (including phenoxy) is 1. The summed E-state index contributed by atoms with van der Waals surface area (Å²) in [4.78, 5) is 0. The maximum absolute atomic E-state index is 5.91. The largest absolute Gasteiger partial charge is 0.493 e. The minimum Gasteiger partial charge on any atom is -0.493 e. The van der Waals surface area contributed by atoms with Crippen molar-refractivity contribution in [2.75, 3.05) is 19.7 Å². The molecule has 2 nitrogen and oxygen atoms in total. The second-order valence-electron chi connectivity index (χ2n) is 4.92. The number of hydrogen-bond acceptors (Lipinski definition) is 2. The van der Waals surface area contributed by atoms with Crippen molar-refractivity contribution >= 4 is 11.6 Å². The molecule has 1 aromatic carbocycles. The Bertz CT molecular complexity index is 355. The number of aryl methyl sites for hydroxylation is 1. The molecule has 3 heteroatoms. The first-order valence-electron chi connectivity index (χ1n) is 7.33. The normalized spacial score (nSPS) is 10.7. The summed E-state index contributed by atoms with van der Waals surface area (Å²) in [7, 11) is 0. The van der Waals surface area contributed by atoms with Gasteiger partial charge in [0.15, 0.2) is 0 Å². The van der Waals surface area contributed by atoms with Gasteiger partial charge in [-0.05, 0) is 63.0 Å². The molecule has 1 rings (SSSR count). The summed E-state index contributed by atoms with van der Waals surface area (Å²) < 4.78 is 5.76. The topological polar surface area (TPSA) is 21.3 Å².